The Bertz CT molecular complexity index is 406. The Balaban J connectivity index is 3.36. The smallest absolute Gasteiger partial charge is 0.253 e. The van der Waals surface area contributed by atoms with Crippen LogP contribution in [0.4, 0.5) is 0 Å². The zero-order valence-corrected chi connectivity index (χ0v) is 8.18. The first kappa shape index (κ1) is 9.29. The fourth-order valence-corrected chi connectivity index (χ4v) is 3.28. The van der Waals surface area contributed by atoms with E-state index in [2.05, 4.69) is 0 Å². The molecule has 0 bridgehead atoms. The molecule has 1 aromatic heterocycles. The van der Waals surface area contributed by atoms with Crippen LogP contribution >= 0.6 is 8.19 Å². The molecule has 0 fully saturated rings. The third kappa shape index (κ3) is 1.68. The Kier molecular flexibility index (Phi) is 2.26. The fraction of sp³-hybridized carbons (Fsp3) is 0.167. The molecule has 0 radical (unpaired) electrons. The van der Waals surface area contributed by atoms with E-state index in [1.54, 1.807) is 5.80 Å². The highest BCUT2D eigenvalue weighted by Crippen LogP contribution is 2.24. The SMILES string of the molecule is CS(=O)(=O)c1cc[pH]c1C(N)=O. The van der Waals surface area contributed by atoms with Gasteiger partial charge >= 0.3 is 0 Å². The monoisotopic (exact) mass is 205 g/mol. The van der Waals surface area contributed by atoms with Gasteiger partial charge in [-0.2, -0.15) is 0 Å². The molecule has 6 heteroatoms. The van der Waals surface area contributed by atoms with Gasteiger partial charge in [-0.1, -0.05) is 0 Å². The molecule has 0 aliphatic rings. The molecule has 2 N–H and O–H groups in total. The molecule has 0 aromatic carbocycles. The number of sulfone groups is 1. The summed E-state index contributed by atoms with van der Waals surface area (Å²) in [6, 6.07) is 1.42. The van der Waals surface area contributed by atoms with Gasteiger partial charge in [0.2, 0.25) is 0 Å². The molecule has 1 unspecified atom stereocenters. The van der Waals surface area contributed by atoms with Gasteiger partial charge in [0.25, 0.3) is 5.91 Å². The van der Waals surface area contributed by atoms with Gasteiger partial charge < -0.3 is 5.73 Å². The van der Waals surface area contributed by atoms with E-state index in [1.807, 2.05) is 0 Å². The van der Waals surface area contributed by atoms with Crippen LogP contribution in [0.1, 0.15) is 10.1 Å². The Hall–Kier alpha value is -0.800. The first-order valence-electron chi connectivity index (χ1n) is 3.10. The van der Waals surface area contributed by atoms with Crippen LogP contribution in [-0.2, 0) is 9.84 Å². The lowest BCUT2D eigenvalue weighted by molar-refractivity contribution is 0.100. The minimum atomic E-state index is -3.30. The topological polar surface area (TPSA) is 77.2 Å². The van der Waals surface area contributed by atoms with Crippen LogP contribution in [0.2, 0.25) is 0 Å². The number of primary amides is 1. The summed E-state index contributed by atoms with van der Waals surface area (Å²) in [6.07, 6.45) is 1.06. The second-order valence-electron chi connectivity index (χ2n) is 2.35. The summed E-state index contributed by atoms with van der Waals surface area (Å²) in [5.41, 5.74) is 4.99. The lowest BCUT2D eigenvalue weighted by atomic mass is 10.4. The van der Waals surface area contributed by atoms with Crippen molar-refractivity contribution < 1.29 is 13.2 Å². The molecule has 0 saturated carbocycles. The minimum absolute atomic E-state index is 0.0633. The molecular weight excluding hydrogens is 197 g/mol. The molecule has 1 rings (SSSR count). The fourth-order valence-electron chi connectivity index (χ4n) is 0.857. The summed E-state index contributed by atoms with van der Waals surface area (Å²) in [5, 5.41) is 0.206. The molecule has 0 saturated heterocycles. The van der Waals surface area contributed by atoms with Crippen molar-refractivity contribution in [1.82, 2.24) is 0 Å². The van der Waals surface area contributed by atoms with Crippen LogP contribution in [0.5, 0.6) is 0 Å². The predicted molar refractivity (Wildman–Crippen MR) is 47.6 cm³/mol. The van der Waals surface area contributed by atoms with Crippen LogP contribution in [0.15, 0.2) is 16.8 Å². The van der Waals surface area contributed by atoms with Gasteiger partial charge in [-0.3, -0.25) is 4.79 Å². The van der Waals surface area contributed by atoms with Crippen molar-refractivity contribution >= 4 is 23.9 Å². The number of hydrogen-bond acceptors (Lipinski definition) is 3. The van der Waals surface area contributed by atoms with Crippen LogP contribution < -0.4 is 5.73 Å². The van der Waals surface area contributed by atoms with E-state index in [0.29, 0.717) is 0 Å². The number of carbonyl (C=O) groups is 1. The largest absolute Gasteiger partial charge is 0.365 e. The summed E-state index contributed by atoms with van der Waals surface area (Å²) < 4.78 is 22.1. The van der Waals surface area contributed by atoms with Crippen molar-refractivity contribution in [3.05, 3.63) is 17.2 Å². The molecule has 66 valence electrons. The van der Waals surface area contributed by atoms with Crippen molar-refractivity contribution in [2.45, 2.75) is 4.90 Å². The van der Waals surface area contributed by atoms with E-state index < -0.39 is 15.7 Å². The Morgan fingerprint density at radius 2 is 2.17 bits per heavy atom. The van der Waals surface area contributed by atoms with Gasteiger partial charge in [0.05, 0.1) is 10.2 Å². The summed E-state index contributed by atoms with van der Waals surface area (Å²) in [6.45, 7) is 0. The number of hydrogen-bond donors (Lipinski definition) is 1. The van der Waals surface area contributed by atoms with Crippen molar-refractivity contribution in [3.8, 4) is 0 Å². The quantitative estimate of drug-likeness (QED) is 0.750. The highest BCUT2D eigenvalue weighted by Gasteiger charge is 2.16. The summed E-state index contributed by atoms with van der Waals surface area (Å²) in [5.74, 6) is 0.981. The minimum Gasteiger partial charge on any atom is -0.365 e. The number of rotatable bonds is 2. The number of nitrogens with two attached hydrogens (primary N) is 1. The van der Waals surface area contributed by atoms with Crippen molar-refractivity contribution in [1.29, 1.82) is 0 Å². The van der Waals surface area contributed by atoms with E-state index >= 15 is 0 Å². The Morgan fingerprint density at radius 3 is 2.50 bits per heavy atom. The first-order valence-corrected chi connectivity index (χ1v) is 6.07. The zero-order valence-electron chi connectivity index (χ0n) is 6.37. The van der Waals surface area contributed by atoms with Gasteiger partial charge in [-0.15, -0.1) is 8.19 Å². The third-order valence-electron chi connectivity index (χ3n) is 1.35. The lowest BCUT2D eigenvalue weighted by Crippen LogP contribution is -2.12. The second kappa shape index (κ2) is 2.92. The van der Waals surface area contributed by atoms with Crippen molar-refractivity contribution in [3.63, 3.8) is 0 Å². The maximum absolute atomic E-state index is 11.0. The van der Waals surface area contributed by atoms with E-state index in [0.717, 1.165) is 6.26 Å². The van der Waals surface area contributed by atoms with Gasteiger partial charge in [-0.05, 0) is 11.9 Å². The molecule has 1 heterocycles. The maximum Gasteiger partial charge on any atom is 0.253 e. The second-order valence-corrected chi connectivity index (χ2v) is 5.46. The zero-order chi connectivity index (χ0) is 9.35. The van der Waals surface area contributed by atoms with Gasteiger partial charge in [-0.25, -0.2) is 8.42 Å². The molecule has 12 heavy (non-hydrogen) atoms. The molecule has 0 spiro atoms. The Morgan fingerprint density at radius 1 is 1.58 bits per heavy atom. The summed E-state index contributed by atoms with van der Waals surface area (Å²) in [7, 11) is -3.22. The molecule has 1 amide bonds. The normalized spacial score (nSPS) is 12.1. The molecule has 4 nitrogen and oxygen atoms in total. The average molecular weight is 205 g/mol. The lowest BCUT2D eigenvalue weighted by Gasteiger charge is -1.96. The van der Waals surface area contributed by atoms with Gasteiger partial charge in [0, 0.05) is 6.26 Å². The summed E-state index contributed by atoms with van der Waals surface area (Å²) in [4.78, 5) is 10.8. The van der Waals surface area contributed by atoms with Crippen LogP contribution in [0.25, 0.3) is 0 Å². The first-order chi connectivity index (χ1) is 5.43. The molecular formula is C6H8NO3PS. The van der Waals surface area contributed by atoms with E-state index in [9.17, 15) is 13.2 Å². The van der Waals surface area contributed by atoms with Crippen molar-refractivity contribution in [2.75, 3.05) is 6.26 Å². The van der Waals surface area contributed by atoms with E-state index in [4.69, 9.17) is 5.73 Å². The van der Waals surface area contributed by atoms with Crippen LogP contribution in [0.3, 0.4) is 0 Å². The average Bonchev–Trinajstić information content (AvgIpc) is 2.30. The Labute approximate surface area is 71.8 Å². The predicted octanol–water partition coefficient (Wildman–Crippen LogP) is 0.220. The highest BCUT2D eigenvalue weighted by molar-refractivity contribution is 7.91. The van der Waals surface area contributed by atoms with Gasteiger partial charge in [0.15, 0.2) is 9.84 Å². The van der Waals surface area contributed by atoms with E-state index in [1.165, 1.54) is 6.07 Å². The van der Waals surface area contributed by atoms with Crippen molar-refractivity contribution in [2.24, 2.45) is 5.73 Å². The number of amides is 1. The standard InChI is InChI=1S/C6H8NO3PS/c1-12(9,10)4-2-3-11-5(4)6(7)8/h2-3,11H,1H3,(H2,7,8). The van der Waals surface area contributed by atoms with Crippen LogP contribution in [0, 0.1) is 0 Å². The molecule has 0 aliphatic carbocycles. The molecule has 1 aromatic rings. The van der Waals surface area contributed by atoms with E-state index in [-0.39, 0.29) is 18.4 Å². The highest BCUT2D eigenvalue weighted by atomic mass is 32.2. The maximum atomic E-state index is 11.0. The summed E-state index contributed by atoms with van der Waals surface area (Å²) >= 11 is 0. The van der Waals surface area contributed by atoms with Gasteiger partial charge in [0.1, 0.15) is 0 Å². The number of carbonyl (C=O) groups excluding carboxylic acids is 1. The van der Waals surface area contributed by atoms with Crippen LogP contribution in [-0.4, -0.2) is 20.6 Å². The molecule has 1 atom stereocenters. The molecule has 0 aliphatic heterocycles. The third-order valence-corrected chi connectivity index (χ3v) is 3.81.